The summed E-state index contributed by atoms with van der Waals surface area (Å²) in [6, 6.07) is 4.65. The van der Waals surface area contributed by atoms with Crippen molar-refractivity contribution < 1.29 is 13.2 Å². The van der Waals surface area contributed by atoms with Crippen LogP contribution in [0.25, 0.3) is 0 Å². The normalized spacial score (nSPS) is 21.5. The monoisotopic (exact) mass is 303 g/mol. The van der Waals surface area contributed by atoms with Crippen molar-refractivity contribution in [2.75, 3.05) is 6.61 Å². The van der Waals surface area contributed by atoms with Gasteiger partial charge in [-0.1, -0.05) is 17.7 Å². The van der Waals surface area contributed by atoms with Gasteiger partial charge >= 0.3 is 0 Å². The van der Waals surface area contributed by atoms with Crippen LogP contribution in [0.2, 0.25) is 5.02 Å². The van der Waals surface area contributed by atoms with Gasteiger partial charge in [-0.3, -0.25) is 0 Å². The van der Waals surface area contributed by atoms with E-state index in [0.717, 1.165) is 18.4 Å². The van der Waals surface area contributed by atoms with Gasteiger partial charge in [0.2, 0.25) is 10.0 Å². The van der Waals surface area contributed by atoms with E-state index in [2.05, 4.69) is 4.72 Å². The lowest BCUT2D eigenvalue weighted by Crippen LogP contribution is -2.40. The molecule has 1 aliphatic heterocycles. The molecular weight excluding hydrogens is 286 g/mol. The lowest BCUT2D eigenvalue weighted by atomic mass is 10.1. The van der Waals surface area contributed by atoms with Gasteiger partial charge in [0.15, 0.2) is 0 Å². The minimum atomic E-state index is -3.61. The van der Waals surface area contributed by atoms with E-state index in [1.165, 1.54) is 6.07 Å². The van der Waals surface area contributed by atoms with E-state index < -0.39 is 10.0 Å². The van der Waals surface area contributed by atoms with E-state index in [4.69, 9.17) is 16.3 Å². The zero-order chi connectivity index (χ0) is 14.0. The third-order valence-electron chi connectivity index (χ3n) is 3.24. The lowest BCUT2D eigenvalue weighted by Gasteiger charge is -2.20. The number of halogens is 1. The van der Waals surface area contributed by atoms with Crippen LogP contribution < -0.4 is 4.72 Å². The van der Waals surface area contributed by atoms with Gasteiger partial charge in [0, 0.05) is 12.6 Å². The van der Waals surface area contributed by atoms with Gasteiger partial charge in [0.1, 0.15) is 4.90 Å². The van der Waals surface area contributed by atoms with Crippen LogP contribution in [-0.2, 0) is 14.8 Å². The molecule has 1 N–H and O–H groups in total. The Hall–Kier alpha value is -0.620. The molecule has 1 aromatic carbocycles. The van der Waals surface area contributed by atoms with Crippen molar-refractivity contribution in [2.24, 2.45) is 0 Å². The molecule has 2 atom stereocenters. The number of hydrogen-bond donors (Lipinski definition) is 1. The first kappa shape index (κ1) is 14.8. The molecule has 1 fully saturated rings. The van der Waals surface area contributed by atoms with Crippen molar-refractivity contribution in [1.29, 1.82) is 0 Å². The molecule has 2 unspecified atom stereocenters. The molecule has 0 bridgehead atoms. The summed E-state index contributed by atoms with van der Waals surface area (Å²) < 4.78 is 32.7. The van der Waals surface area contributed by atoms with Gasteiger partial charge in [-0.05, 0) is 44.4 Å². The molecule has 106 valence electrons. The summed E-state index contributed by atoms with van der Waals surface area (Å²) in [6.07, 6.45) is 1.80. The molecule has 19 heavy (non-hydrogen) atoms. The molecular formula is C13H18ClNO3S. The second kappa shape index (κ2) is 5.79. The maximum absolute atomic E-state index is 12.3. The van der Waals surface area contributed by atoms with Crippen LogP contribution in [-0.4, -0.2) is 27.2 Å². The maximum Gasteiger partial charge on any atom is 0.242 e. The fourth-order valence-corrected chi connectivity index (χ4v) is 4.08. The van der Waals surface area contributed by atoms with Gasteiger partial charge in [-0.2, -0.15) is 0 Å². The van der Waals surface area contributed by atoms with Crippen LogP contribution in [0.3, 0.4) is 0 Å². The van der Waals surface area contributed by atoms with Gasteiger partial charge in [0.25, 0.3) is 0 Å². The number of rotatable bonds is 4. The molecule has 6 heteroatoms. The predicted molar refractivity (Wildman–Crippen MR) is 74.9 cm³/mol. The van der Waals surface area contributed by atoms with E-state index >= 15 is 0 Å². The number of sulfonamides is 1. The average Bonchev–Trinajstić information content (AvgIpc) is 2.80. The SMILES string of the molecule is Cc1ccc(S(=O)(=O)NC(C)C2CCCO2)c(Cl)c1. The summed E-state index contributed by atoms with van der Waals surface area (Å²) in [5.41, 5.74) is 0.927. The summed E-state index contributed by atoms with van der Waals surface area (Å²) in [5, 5.41) is 0.243. The molecule has 0 spiro atoms. The van der Waals surface area contributed by atoms with E-state index in [9.17, 15) is 8.42 Å². The van der Waals surface area contributed by atoms with E-state index in [-0.39, 0.29) is 22.1 Å². The topological polar surface area (TPSA) is 55.4 Å². The zero-order valence-electron chi connectivity index (χ0n) is 11.0. The summed E-state index contributed by atoms with van der Waals surface area (Å²) in [6.45, 7) is 4.38. The minimum absolute atomic E-state index is 0.0565. The Bertz CT molecular complexity index is 553. The fourth-order valence-electron chi connectivity index (χ4n) is 2.20. The van der Waals surface area contributed by atoms with Gasteiger partial charge in [0.05, 0.1) is 11.1 Å². The van der Waals surface area contributed by atoms with Gasteiger partial charge in [-0.25, -0.2) is 13.1 Å². The highest BCUT2D eigenvalue weighted by atomic mass is 35.5. The quantitative estimate of drug-likeness (QED) is 0.930. The Morgan fingerprint density at radius 2 is 2.21 bits per heavy atom. The molecule has 0 aliphatic carbocycles. The molecule has 0 radical (unpaired) electrons. The van der Waals surface area contributed by atoms with E-state index in [1.807, 2.05) is 13.8 Å². The number of hydrogen-bond acceptors (Lipinski definition) is 3. The molecule has 1 saturated heterocycles. The van der Waals surface area contributed by atoms with Crippen molar-refractivity contribution in [1.82, 2.24) is 4.72 Å². The van der Waals surface area contributed by atoms with Crippen LogP contribution in [0.1, 0.15) is 25.3 Å². The van der Waals surface area contributed by atoms with Crippen molar-refractivity contribution >= 4 is 21.6 Å². The first-order chi connectivity index (χ1) is 8.90. The van der Waals surface area contributed by atoms with Crippen molar-refractivity contribution in [3.05, 3.63) is 28.8 Å². The summed E-state index contributed by atoms with van der Waals surface area (Å²) in [5.74, 6) is 0. The maximum atomic E-state index is 12.3. The largest absolute Gasteiger partial charge is 0.377 e. The highest BCUT2D eigenvalue weighted by molar-refractivity contribution is 7.89. The van der Waals surface area contributed by atoms with Crippen molar-refractivity contribution in [3.63, 3.8) is 0 Å². The number of ether oxygens (including phenoxy) is 1. The molecule has 1 aliphatic rings. The molecule has 0 aromatic heterocycles. The second-order valence-electron chi connectivity index (χ2n) is 4.90. The first-order valence-electron chi connectivity index (χ1n) is 6.30. The Labute approximate surface area is 119 Å². The standard InChI is InChI=1S/C13H18ClNO3S/c1-9-5-6-13(11(14)8-9)19(16,17)15-10(2)12-4-3-7-18-12/h5-6,8,10,12,15H,3-4,7H2,1-2H3. The van der Waals surface area contributed by atoms with Crippen molar-refractivity contribution in [2.45, 2.75) is 43.7 Å². The van der Waals surface area contributed by atoms with Crippen LogP contribution in [0.5, 0.6) is 0 Å². The van der Waals surface area contributed by atoms with Gasteiger partial charge in [-0.15, -0.1) is 0 Å². The van der Waals surface area contributed by atoms with Crippen LogP contribution in [0.4, 0.5) is 0 Å². The Kier molecular flexibility index (Phi) is 4.50. The average molecular weight is 304 g/mol. The smallest absolute Gasteiger partial charge is 0.242 e. The summed E-state index contributed by atoms with van der Waals surface area (Å²) in [7, 11) is -3.61. The van der Waals surface area contributed by atoms with E-state index in [1.54, 1.807) is 12.1 Å². The van der Waals surface area contributed by atoms with Crippen LogP contribution in [0, 0.1) is 6.92 Å². The third kappa shape index (κ3) is 3.48. The molecule has 2 rings (SSSR count). The minimum Gasteiger partial charge on any atom is -0.377 e. The number of benzene rings is 1. The molecule has 0 saturated carbocycles. The molecule has 4 nitrogen and oxygen atoms in total. The number of aryl methyl sites for hydroxylation is 1. The molecule has 1 aromatic rings. The Balaban J connectivity index is 2.17. The van der Waals surface area contributed by atoms with Crippen molar-refractivity contribution in [3.8, 4) is 0 Å². The summed E-state index contributed by atoms with van der Waals surface area (Å²) >= 11 is 6.01. The molecule has 1 heterocycles. The Morgan fingerprint density at radius 1 is 1.47 bits per heavy atom. The first-order valence-corrected chi connectivity index (χ1v) is 8.16. The number of nitrogens with one attached hydrogen (secondary N) is 1. The highest BCUT2D eigenvalue weighted by Gasteiger charge is 2.27. The third-order valence-corrected chi connectivity index (χ3v) is 5.28. The summed E-state index contributed by atoms with van der Waals surface area (Å²) in [4.78, 5) is 0.115. The van der Waals surface area contributed by atoms with E-state index in [0.29, 0.717) is 6.61 Å². The van der Waals surface area contributed by atoms with Gasteiger partial charge < -0.3 is 4.74 Å². The molecule has 0 amide bonds. The Morgan fingerprint density at radius 3 is 2.79 bits per heavy atom. The zero-order valence-corrected chi connectivity index (χ0v) is 12.6. The second-order valence-corrected chi connectivity index (χ2v) is 6.98. The lowest BCUT2D eigenvalue weighted by molar-refractivity contribution is 0.0902. The van der Waals surface area contributed by atoms with Crippen LogP contribution >= 0.6 is 11.6 Å². The highest BCUT2D eigenvalue weighted by Crippen LogP contribution is 2.24. The fraction of sp³-hybridized carbons (Fsp3) is 0.538. The van der Waals surface area contributed by atoms with Crippen LogP contribution in [0.15, 0.2) is 23.1 Å². The predicted octanol–water partition coefficient (Wildman–Crippen LogP) is 2.49.